The van der Waals surface area contributed by atoms with E-state index >= 15 is 8.78 Å². The van der Waals surface area contributed by atoms with Crippen LogP contribution in [0.3, 0.4) is 0 Å². The molecule has 3 saturated carbocycles. The predicted molar refractivity (Wildman–Crippen MR) is 104 cm³/mol. The maximum Gasteiger partial charge on any atom is 0.192 e. The normalized spacial score (nSPS) is 50.3. The summed E-state index contributed by atoms with van der Waals surface area (Å²) in [4.78, 5) is 37.8. The molecule has 0 aromatic heterocycles. The van der Waals surface area contributed by atoms with E-state index in [4.69, 9.17) is 0 Å². The number of carbonyl (C=O) groups excluding carboxylic acids is 3. The van der Waals surface area contributed by atoms with E-state index in [0.717, 1.165) is 6.08 Å². The smallest absolute Gasteiger partial charge is 0.192 e. The fraction of sp³-hybridized carbons (Fsp3) is 0.667. The molecule has 0 heterocycles. The first kappa shape index (κ1) is 21.9. The second kappa shape index (κ2) is 6.37. The molecule has 3 N–H and O–H groups in total. The summed E-state index contributed by atoms with van der Waals surface area (Å²) in [7, 11) is 0. The molecule has 0 radical (unpaired) electrons. The summed E-state index contributed by atoms with van der Waals surface area (Å²) in [5.41, 5.74) is -8.42. The van der Waals surface area contributed by atoms with Gasteiger partial charge in [-0.25, -0.2) is 8.78 Å². The molecule has 4 aliphatic carbocycles. The van der Waals surface area contributed by atoms with E-state index in [0.29, 0.717) is 0 Å². The SMILES string of the molecule is C[C@]12C=C(Br)C(=O)C=C1[C@H](F)C[C@H]1[C@@H]3C[C@@H](O)[C@](O)(C(=O)CO)[C@@]3(C)CC(=O)[C@@]12F. The third-order valence-electron chi connectivity index (χ3n) is 8.24. The van der Waals surface area contributed by atoms with Crippen LogP contribution in [0.2, 0.25) is 0 Å². The van der Waals surface area contributed by atoms with Crippen LogP contribution < -0.4 is 0 Å². The summed E-state index contributed by atoms with van der Waals surface area (Å²) >= 11 is 3.07. The number of hydrogen-bond acceptors (Lipinski definition) is 6. The second-order valence-corrected chi connectivity index (χ2v) is 10.3. The van der Waals surface area contributed by atoms with Gasteiger partial charge < -0.3 is 15.3 Å². The molecule has 3 fully saturated rings. The zero-order valence-electron chi connectivity index (χ0n) is 16.5. The first-order chi connectivity index (χ1) is 13.8. The Kier molecular flexibility index (Phi) is 4.65. The number of ketones is 3. The summed E-state index contributed by atoms with van der Waals surface area (Å²) in [6, 6.07) is 0. The lowest BCUT2D eigenvalue weighted by Crippen LogP contribution is -2.69. The van der Waals surface area contributed by atoms with E-state index in [9.17, 15) is 29.7 Å². The maximum atomic E-state index is 16.8. The van der Waals surface area contributed by atoms with Gasteiger partial charge in [-0.2, -0.15) is 0 Å². The van der Waals surface area contributed by atoms with Crippen molar-refractivity contribution in [3.63, 3.8) is 0 Å². The molecule has 4 rings (SSSR count). The average molecular weight is 489 g/mol. The van der Waals surface area contributed by atoms with Crippen molar-refractivity contribution in [1.82, 2.24) is 0 Å². The summed E-state index contributed by atoms with van der Waals surface area (Å²) in [6.07, 6.45) is -2.27. The molecule has 4 aliphatic rings. The van der Waals surface area contributed by atoms with Gasteiger partial charge in [0, 0.05) is 17.8 Å². The van der Waals surface area contributed by atoms with Crippen molar-refractivity contribution in [1.29, 1.82) is 0 Å². The lowest BCUT2D eigenvalue weighted by Gasteiger charge is -2.60. The molecule has 0 saturated heterocycles. The second-order valence-electron chi connectivity index (χ2n) is 9.40. The molecule has 0 amide bonds. The Morgan fingerprint density at radius 1 is 1.27 bits per heavy atom. The van der Waals surface area contributed by atoms with Gasteiger partial charge in [-0.15, -0.1) is 0 Å². The largest absolute Gasteiger partial charge is 0.390 e. The van der Waals surface area contributed by atoms with Gasteiger partial charge in [0.15, 0.2) is 28.6 Å². The molecule has 30 heavy (non-hydrogen) atoms. The minimum Gasteiger partial charge on any atom is -0.390 e. The van der Waals surface area contributed by atoms with Crippen LogP contribution in [-0.4, -0.2) is 62.8 Å². The highest BCUT2D eigenvalue weighted by atomic mass is 79.9. The van der Waals surface area contributed by atoms with Crippen LogP contribution in [0.25, 0.3) is 0 Å². The third kappa shape index (κ3) is 2.24. The fourth-order valence-electron chi connectivity index (χ4n) is 6.63. The Morgan fingerprint density at radius 2 is 1.90 bits per heavy atom. The number of hydrogen-bond donors (Lipinski definition) is 3. The number of alkyl halides is 2. The molecule has 164 valence electrons. The van der Waals surface area contributed by atoms with Crippen molar-refractivity contribution in [2.45, 2.75) is 56.7 Å². The van der Waals surface area contributed by atoms with Crippen molar-refractivity contribution in [3.8, 4) is 0 Å². The zero-order chi connectivity index (χ0) is 22.4. The van der Waals surface area contributed by atoms with Crippen LogP contribution in [0.15, 0.2) is 22.2 Å². The number of aliphatic hydroxyl groups is 3. The van der Waals surface area contributed by atoms with Gasteiger partial charge in [0.25, 0.3) is 0 Å². The average Bonchev–Trinajstić information content (AvgIpc) is 2.87. The van der Waals surface area contributed by atoms with Gasteiger partial charge in [-0.05, 0) is 53.3 Å². The van der Waals surface area contributed by atoms with Gasteiger partial charge in [-0.3, -0.25) is 14.4 Å². The van der Waals surface area contributed by atoms with Crippen LogP contribution in [0, 0.1) is 22.7 Å². The van der Waals surface area contributed by atoms with Crippen LogP contribution in [-0.2, 0) is 14.4 Å². The van der Waals surface area contributed by atoms with E-state index in [-0.39, 0.29) is 16.5 Å². The Balaban J connectivity index is 1.90. The number of halogens is 3. The van der Waals surface area contributed by atoms with E-state index < -0.39 is 83.0 Å². The lowest BCUT2D eigenvalue weighted by molar-refractivity contribution is -0.193. The minimum atomic E-state index is -2.58. The van der Waals surface area contributed by atoms with E-state index in [1.54, 1.807) is 0 Å². The Morgan fingerprint density at radius 3 is 2.50 bits per heavy atom. The van der Waals surface area contributed by atoms with Gasteiger partial charge in [0.2, 0.25) is 0 Å². The van der Waals surface area contributed by atoms with E-state index in [1.165, 1.54) is 19.9 Å². The fourth-order valence-corrected chi connectivity index (χ4v) is 7.20. The Labute approximate surface area is 180 Å². The number of Topliss-reactive ketones (excluding diaryl/α,β-unsaturated/α-hetero) is 2. The van der Waals surface area contributed by atoms with E-state index in [2.05, 4.69) is 15.9 Å². The highest BCUT2D eigenvalue weighted by molar-refractivity contribution is 9.12. The first-order valence-corrected chi connectivity index (χ1v) is 10.6. The van der Waals surface area contributed by atoms with E-state index in [1.807, 2.05) is 0 Å². The van der Waals surface area contributed by atoms with Gasteiger partial charge in [-0.1, -0.05) is 13.0 Å². The minimum absolute atomic E-state index is 0.0261. The molecular weight excluding hydrogens is 466 g/mol. The molecule has 0 unspecified atom stereocenters. The van der Waals surface area contributed by atoms with Gasteiger partial charge >= 0.3 is 0 Å². The quantitative estimate of drug-likeness (QED) is 0.542. The molecule has 0 aliphatic heterocycles. The zero-order valence-corrected chi connectivity index (χ0v) is 18.1. The van der Waals surface area contributed by atoms with Crippen molar-refractivity contribution in [2.75, 3.05) is 6.61 Å². The highest BCUT2D eigenvalue weighted by Crippen LogP contribution is 2.69. The molecule has 0 spiro atoms. The summed E-state index contributed by atoms with van der Waals surface area (Å²) in [5.74, 6) is -4.61. The lowest BCUT2D eigenvalue weighted by atomic mass is 9.45. The molecule has 0 aromatic carbocycles. The number of rotatable bonds is 2. The van der Waals surface area contributed by atoms with Crippen LogP contribution in [0.4, 0.5) is 8.78 Å². The summed E-state index contributed by atoms with van der Waals surface area (Å²) < 4.78 is 32.1. The highest BCUT2D eigenvalue weighted by Gasteiger charge is 2.77. The van der Waals surface area contributed by atoms with Crippen molar-refractivity contribution < 1.29 is 38.5 Å². The molecule has 9 heteroatoms. The number of aliphatic hydroxyl groups excluding tert-OH is 2. The molecule has 6 nitrogen and oxygen atoms in total. The van der Waals surface area contributed by atoms with Gasteiger partial charge in [0.05, 0.1) is 16.0 Å². The Hall–Kier alpha value is -1.29. The van der Waals surface area contributed by atoms with Crippen LogP contribution in [0.1, 0.15) is 33.1 Å². The van der Waals surface area contributed by atoms with Crippen LogP contribution >= 0.6 is 15.9 Å². The molecule has 8 atom stereocenters. The van der Waals surface area contributed by atoms with Gasteiger partial charge in [0.1, 0.15) is 12.8 Å². The summed E-state index contributed by atoms with van der Waals surface area (Å²) in [5, 5.41) is 31.0. The molecule has 0 bridgehead atoms. The summed E-state index contributed by atoms with van der Waals surface area (Å²) in [6.45, 7) is 1.74. The molecule has 0 aromatic rings. The monoisotopic (exact) mass is 488 g/mol. The third-order valence-corrected chi connectivity index (χ3v) is 8.86. The standard InChI is InChI=1S/C21H23BrF2O6/c1-18-6-12(22)14(26)4-11(18)13(23)3-10-9-5-15(27)21(30,17(29)8-25)19(9,2)7-16(28)20(10,18)24/h4,6,9-10,13,15,25,27,30H,3,5,7-8H2,1-2H3/t9-,10-,13+,15+,18-,19-,20-,21-/m0/s1. The van der Waals surface area contributed by atoms with Crippen molar-refractivity contribution >= 4 is 33.3 Å². The van der Waals surface area contributed by atoms with Crippen molar-refractivity contribution in [3.05, 3.63) is 22.2 Å². The maximum absolute atomic E-state index is 16.8. The number of allylic oxidation sites excluding steroid dienone is 4. The Bertz CT molecular complexity index is 932. The number of carbonyl (C=O) groups is 3. The predicted octanol–water partition coefficient (Wildman–Crippen LogP) is 1.50. The van der Waals surface area contributed by atoms with Crippen molar-refractivity contribution in [2.24, 2.45) is 22.7 Å². The first-order valence-electron chi connectivity index (χ1n) is 9.84. The molecular formula is C21H23BrF2O6. The van der Waals surface area contributed by atoms with Crippen LogP contribution in [0.5, 0.6) is 0 Å². The topological polar surface area (TPSA) is 112 Å². The number of fused-ring (bicyclic) bond motifs is 5.